The van der Waals surface area contributed by atoms with Crippen LogP contribution in [0.4, 0.5) is 0 Å². The number of aryl methyl sites for hydroxylation is 1. The van der Waals surface area contributed by atoms with Crippen LogP contribution in [0, 0.1) is 0 Å². The zero-order chi connectivity index (χ0) is 18.6. The van der Waals surface area contributed by atoms with Gasteiger partial charge in [-0.2, -0.15) is 0 Å². The highest BCUT2D eigenvalue weighted by atomic mass is 32.1. The summed E-state index contributed by atoms with van der Waals surface area (Å²) in [7, 11) is 2.02. The molecule has 3 aromatic rings. The molecule has 0 radical (unpaired) electrons. The number of rotatable bonds is 1. The van der Waals surface area contributed by atoms with Gasteiger partial charge < -0.3 is 0 Å². The van der Waals surface area contributed by atoms with Gasteiger partial charge in [-0.15, -0.1) is 11.3 Å². The highest BCUT2D eigenvalue weighted by molar-refractivity contribution is 7.15. The molecule has 0 fully saturated rings. The summed E-state index contributed by atoms with van der Waals surface area (Å²) in [4.78, 5) is 16.0. The molecule has 3 nitrogen and oxygen atoms in total. The zero-order valence-electron chi connectivity index (χ0n) is 16.1. The maximum atomic E-state index is 13.3. The van der Waals surface area contributed by atoms with E-state index in [9.17, 15) is 4.79 Å². The normalized spacial score (nSPS) is 15.9. The van der Waals surface area contributed by atoms with Crippen LogP contribution in [0.1, 0.15) is 55.4 Å². The van der Waals surface area contributed by atoms with Gasteiger partial charge in [0.25, 0.3) is 5.56 Å². The van der Waals surface area contributed by atoms with Crippen molar-refractivity contribution in [2.75, 3.05) is 0 Å². The van der Waals surface area contributed by atoms with Crippen LogP contribution < -0.4 is 5.56 Å². The molecule has 4 rings (SSSR count). The third kappa shape index (κ3) is 3.81. The van der Waals surface area contributed by atoms with E-state index in [1.165, 1.54) is 48.3 Å². The van der Waals surface area contributed by atoms with Crippen molar-refractivity contribution in [1.82, 2.24) is 9.36 Å². The third-order valence-corrected chi connectivity index (χ3v) is 6.76. The quantitative estimate of drug-likeness (QED) is 0.529. The van der Waals surface area contributed by atoms with Crippen LogP contribution in [-0.4, -0.2) is 9.36 Å². The van der Waals surface area contributed by atoms with E-state index in [4.69, 9.17) is 0 Å². The molecule has 1 aliphatic heterocycles. The molecule has 2 bridgehead atoms. The summed E-state index contributed by atoms with van der Waals surface area (Å²) in [5.74, 6) is 0. The Labute approximate surface area is 165 Å². The van der Waals surface area contributed by atoms with Gasteiger partial charge in [0.2, 0.25) is 0 Å². The number of thiophene rings is 1. The Balaban J connectivity index is 1.82. The third-order valence-electron chi connectivity index (χ3n) is 5.61. The molecule has 1 aromatic carbocycles. The highest BCUT2D eigenvalue weighted by Crippen LogP contribution is 2.32. The minimum atomic E-state index is 0.140. The van der Waals surface area contributed by atoms with Gasteiger partial charge in [0.05, 0.1) is 16.3 Å². The molecule has 0 atom stereocenters. The maximum absolute atomic E-state index is 13.3. The van der Waals surface area contributed by atoms with Crippen molar-refractivity contribution in [2.45, 2.75) is 57.8 Å². The topological polar surface area (TPSA) is 26.9 Å². The van der Waals surface area contributed by atoms with E-state index < -0.39 is 0 Å². The summed E-state index contributed by atoms with van der Waals surface area (Å²) in [6, 6.07) is 14.5. The van der Waals surface area contributed by atoms with Gasteiger partial charge in [-0.3, -0.25) is 9.48 Å². The predicted molar refractivity (Wildman–Crippen MR) is 114 cm³/mol. The largest absolute Gasteiger partial charge is 0.279 e. The lowest BCUT2D eigenvalue weighted by molar-refractivity contribution is 0.579. The summed E-state index contributed by atoms with van der Waals surface area (Å²) in [5, 5.41) is 0. The second kappa shape index (κ2) is 8.30. The van der Waals surface area contributed by atoms with Gasteiger partial charge in [-0.1, -0.05) is 50.3 Å². The van der Waals surface area contributed by atoms with E-state index in [-0.39, 0.29) is 5.56 Å². The first-order chi connectivity index (χ1) is 13.3. The van der Waals surface area contributed by atoms with Crippen molar-refractivity contribution in [2.24, 2.45) is 7.05 Å². The van der Waals surface area contributed by atoms with Crippen LogP contribution in [0.2, 0.25) is 0 Å². The molecule has 4 heteroatoms. The van der Waals surface area contributed by atoms with E-state index in [1.54, 1.807) is 0 Å². The average Bonchev–Trinajstić information content (AvgIpc) is 3.23. The van der Waals surface area contributed by atoms with E-state index >= 15 is 0 Å². The Bertz CT molecular complexity index is 949. The number of benzene rings is 1. The van der Waals surface area contributed by atoms with Crippen LogP contribution in [0.3, 0.4) is 0 Å². The maximum Gasteiger partial charge on any atom is 0.275 e. The zero-order valence-corrected chi connectivity index (χ0v) is 16.9. The number of hydrogen-bond donors (Lipinski definition) is 0. The second-order valence-electron chi connectivity index (χ2n) is 7.54. The summed E-state index contributed by atoms with van der Waals surface area (Å²) < 4.78 is 3.90. The Kier molecular flexibility index (Phi) is 5.63. The lowest BCUT2D eigenvalue weighted by atomic mass is 10.0. The van der Waals surface area contributed by atoms with Crippen molar-refractivity contribution >= 4 is 11.3 Å². The van der Waals surface area contributed by atoms with E-state index in [2.05, 4.69) is 16.8 Å². The molecule has 0 saturated carbocycles. The van der Waals surface area contributed by atoms with E-state index in [0.717, 1.165) is 36.2 Å². The van der Waals surface area contributed by atoms with Gasteiger partial charge in [0.15, 0.2) is 0 Å². The SMILES string of the molecule is Cn1c2c(c(=O)n1-c1ccccc1)CCCCCCCCCc1ccc-2s1. The lowest BCUT2D eigenvalue weighted by Gasteiger charge is -2.09. The molecule has 0 amide bonds. The first kappa shape index (κ1) is 18.3. The predicted octanol–water partition coefficient (Wildman–Crippen LogP) is 5.73. The van der Waals surface area contributed by atoms with Gasteiger partial charge in [-0.25, -0.2) is 4.68 Å². The molecule has 0 unspecified atom stereocenters. The number of aromatic nitrogens is 2. The summed E-state index contributed by atoms with van der Waals surface area (Å²) in [5.41, 5.74) is 3.16. The van der Waals surface area contributed by atoms with Gasteiger partial charge >= 0.3 is 0 Å². The molecular formula is C23H28N2OS. The fraction of sp³-hybridized carbons (Fsp3) is 0.435. The average molecular weight is 381 g/mol. The molecule has 0 aliphatic carbocycles. The van der Waals surface area contributed by atoms with Crippen molar-refractivity contribution < 1.29 is 0 Å². The summed E-state index contributed by atoms with van der Waals surface area (Å²) in [6.45, 7) is 0. The Morgan fingerprint density at radius 3 is 2.22 bits per heavy atom. The minimum absolute atomic E-state index is 0.140. The van der Waals surface area contributed by atoms with Crippen molar-refractivity contribution in [3.8, 4) is 16.3 Å². The summed E-state index contributed by atoms with van der Waals surface area (Å²) in [6.07, 6.45) is 10.9. The van der Waals surface area contributed by atoms with E-state index in [1.807, 2.05) is 53.4 Å². The number of para-hydroxylation sites is 1. The fourth-order valence-electron chi connectivity index (χ4n) is 4.18. The molecule has 27 heavy (non-hydrogen) atoms. The van der Waals surface area contributed by atoms with Crippen LogP contribution in [0.25, 0.3) is 16.3 Å². The smallest absolute Gasteiger partial charge is 0.275 e. The van der Waals surface area contributed by atoms with Crippen molar-refractivity contribution in [1.29, 1.82) is 0 Å². The highest BCUT2D eigenvalue weighted by Gasteiger charge is 2.21. The van der Waals surface area contributed by atoms with Crippen LogP contribution >= 0.6 is 11.3 Å². The molecule has 2 aromatic heterocycles. The van der Waals surface area contributed by atoms with Crippen molar-refractivity contribution in [3.63, 3.8) is 0 Å². The standard InChI is InChI=1S/C23H28N2OS/c1-24-22-20(23(26)25(24)18-12-8-7-9-13-18)15-11-6-4-2-3-5-10-14-19-16-17-21(22)27-19/h7-9,12-13,16-17H,2-6,10-11,14-15H2,1H3. The van der Waals surface area contributed by atoms with Crippen LogP contribution in [0.5, 0.6) is 0 Å². The Morgan fingerprint density at radius 1 is 0.815 bits per heavy atom. The van der Waals surface area contributed by atoms with Gasteiger partial charge in [0.1, 0.15) is 0 Å². The Hall–Kier alpha value is -2.07. The Morgan fingerprint density at radius 2 is 1.48 bits per heavy atom. The number of nitrogens with zero attached hydrogens (tertiary/aromatic N) is 2. The minimum Gasteiger partial charge on any atom is -0.279 e. The lowest BCUT2D eigenvalue weighted by Crippen LogP contribution is -2.20. The first-order valence-corrected chi connectivity index (χ1v) is 11.0. The molecule has 0 spiro atoms. The number of hydrogen-bond acceptors (Lipinski definition) is 2. The van der Waals surface area contributed by atoms with Gasteiger partial charge in [-0.05, 0) is 49.9 Å². The molecule has 142 valence electrons. The van der Waals surface area contributed by atoms with Crippen LogP contribution in [-0.2, 0) is 19.9 Å². The van der Waals surface area contributed by atoms with Crippen molar-refractivity contribution in [3.05, 3.63) is 63.3 Å². The molecule has 0 saturated heterocycles. The molecule has 3 heterocycles. The van der Waals surface area contributed by atoms with Gasteiger partial charge in [0, 0.05) is 17.5 Å². The van der Waals surface area contributed by atoms with Crippen LogP contribution in [0.15, 0.2) is 47.3 Å². The molecule has 0 N–H and O–H groups in total. The number of fused-ring (bicyclic) bond motifs is 4. The summed E-state index contributed by atoms with van der Waals surface area (Å²) >= 11 is 1.86. The molecular weight excluding hydrogens is 352 g/mol. The van der Waals surface area contributed by atoms with E-state index in [0.29, 0.717) is 0 Å². The second-order valence-corrected chi connectivity index (χ2v) is 8.71. The monoisotopic (exact) mass is 380 g/mol. The molecule has 1 aliphatic rings. The fourth-order valence-corrected chi connectivity index (χ4v) is 5.33. The first-order valence-electron chi connectivity index (χ1n) is 10.2.